The Kier molecular flexibility index (Phi) is 4.71. The summed E-state index contributed by atoms with van der Waals surface area (Å²) in [4.78, 5) is 34.1. The van der Waals surface area contributed by atoms with E-state index in [0.717, 1.165) is 12.1 Å². The van der Waals surface area contributed by atoms with Crippen LogP contribution in [0.4, 0.5) is 20.2 Å². The van der Waals surface area contributed by atoms with Crippen LogP contribution in [0.5, 0.6) is 0 Å². The molecular formula is C12H8BrF2N3O5. The third-order valence-electron chi connectivity index (χ3n) is 2.93. The lowest BCUT2D eigenvalue weighted by Crippen LogP contribution is -2.34. The highest BCUT2D eigenvalue weighted by Crippen LogP contribution is 2.35. The maximum Gasteiger partial charge on any atom is 0.297 e. The summed E-state index contributed by atoms with van der Waals surface area (Å²) >= 11 is 2.64. The van der Waals surface area contributed by atoms with Gasteiger partial charge in [-0.3, -0.25) is 24.6 Å². The summed E-state index contributed by atoms with van der Waals surface area (Å²) in [5.41, 5.74) is -2.17. The van der Waals surface area contributed by atoms with Crippen LogP contribution in [0, 0.1) is 21.7 Å². The van der Waals surface area contributed by atoms with Gasteiger partial charge >= 0.3 is 0 Å². The summed E-state index contributed by atoms with van der Waals surface area (Å²) in [6, 6.07) is 0.730. The van der Waals surface area contributed by atoms with Crippen molar-refractivity contribution in [2.24, 2.45) is 0 Å². The van der Waals surface area contributed by atoms with Crippen molar-refractivity contribution in [1.82, 2.24) is 4.90 Å². The first-order valence-corrected chi connectivity index (χ1v) is 6.84. The van der Waals surface area contributed by atoms with Crippen molar-refractivity contribution in [3.8, 4) is 0 Å². The third kappa shape index (κ3) is 3.05. The van der Waals surface area contributed by atoms with Crippen molar-refractivity contribution in [2.75, 3.05) is 18.5 Å². The molecule has 1 aliphatic rings. The molecule has 0 unspecified atom stereocenters. The lowest BCUT2D eigenvalue weighted by atomic mass is 10.2. The van der Waals surface area contributed by atoms with Gasteiger partial charge < -0.3 is 10.4 Å². The standard InChI is InChI=1S/C12H8BrF2N3O5/c13-5-3-7(18(22)23)11(10(15)9(5)14)16-6-4-8(20)17(1-2-19)12(6)21/h3-4,16,19H,1-2H2. The van der Waals surface area contributed by atoms with Crippen LogP contribution in [0.1, 0.15) is 0 Å². The first-order chi connectivity index (χ1) is 10.8. The highest BCUT2D eigenvalue weighted by molar-refractivity contribution is 9.10. The summed E-state index contributed by atoms with van der Waals surface area (Å²) in [5, 5.41) is 21.8. The number of aliphatic hydroxyl groups is 1. The van der Waals surface area contributed by atoms with E-state index in [1.165, 1.54) is 0 Å². The van der Waals surface area contributed by atoms with Gasteiger partial charge in [0.1, 0.15) is 5.70 Å². The number of imide groups is 1. The third-order valence-corrected chi connectivity index (χ3v) is 3.51. The molecule has 0 aliphatic carbocycles. The van der Waals surface area contributed by atoms with E-state index in [0.29, 0.717) is 4.90 Å². The zero-order chi connectivity index (χ0) is 17.3. The minimum Gasteiger partial charge on any atom is -0.395 e. The van der Waals surface area contributed by atoms with Crippen molar-refractivity contribution >= 4 is 39.1 Å². The van der Waals surface area contributed by atoms with Crippen LogP contribution < -0.4 is 5.32 Å². The molecule has 8 nitrogen and oxygen atoms in total. The quantitative estimate of drug-likeness (QED) is 0.338. The molecule has 2 N–H and O–H groups in total. The molecule has 0 saturated carbocycles. The smallest absolute Gasteiger partial charge is 0.297 e. The van der Waals surface area contributed by atoms with Crippen molar-refractivity contribution in [2.45, 2.75) is 0 Å². The summed E-state index contributed by atoms with van der Waals surface area (Å²) in [6.07, 6.45) is 0.779. The maximum atomic E-state index is 14.0. The van der Waals surface area contributed by atoms with E-state index in [1.807, 2.05) is 0 Å². The van der Waals surface area contributed by atoms with Crippen molar-refractivity contribution in [3.05, 3.63) is 44.1 Å². The normalized spacial score (nSPS) is 14.3. The van der Waals surface area contributed by atoms with E-state index in [1.54, 1.807) is 0 Å². The number of nitrogens with one attached hydrogen (secondary N) is 1. The molecule has 1 aromatic rings. The molecular weight excluding hydrogens is 384 g/mol. The largest absolute Gasteiger partial charge is 0.395 e. The number of amides is 2. The Morgan fingerprint density at radius 1 is 1.35 bits per heavy atom. The van der Waals surface area contributed by atoms with Gasteiger partial charge in [0.25, 0.3) is 17.5 Å². The number of nitro benzene ring substituents is 1. The molecule has 1 aliphatic heterocycles. The summed E-state index contributed by atoms with van der Waals surface area (Å²) in [7, 11) is 0. The first-order valence-electron chi connectivity index (χ1n) is 6.05. The van der Waals surface area contributed by atoms with Gasteiger partial charge in [0.05, 0.1) is 22.5 Å². The number of carbonyl (C=O) groups excluding carboxylic acids is 2. The number of nitrogens with zero attached hydrogens (tertiary/aromatic N) is 2. The van der Waals surface area contributed by atoms with Crippen LogP contribution in [0.25, 0.3) is 0 Å². The zero-order valence-corrected chi connectivity index (χ0v) is 12.8. The average molecular weight is 392 g/mol. The van der Waals surface area contributed by atoms with Crippen molar-refractivity contribution < 1.29 is 28.4 Å². The van der Waals surface area contributed by atoms with Gasteiger partial charge in [0.15, 0.2) is 17.3 Å². The number of anilines is 1. The number of nitro groups is 1. The number of hydrogen-bond acceptors (Lipinski definition) is 6. The fraction of sp³-hybridized carbons (Fsp3) is 0.167. The second-order valence-corrected chi connectivity index (χ2v) is 5.19. The number of hydrogen-bond donors (Lipinski definition) is 2. The molecule has 1 heterocycles. The van der Waals surface area contributed by atoms with E-state index in [-0.39, 0.29) is 6.54 Å². The zero-order valence-electron chi connectivity index (χ0n) is 11.2. The van der Waals surface area contributed by atoms with Crippen LogP contribution in [0.2, 0.25) is 0 Å². The molecule has 1 aromatic carbocycles. The van der Waals surface area contributed by atoms with Crippen LogP contribution >= 0.6 is 15.9 Å². The Bertz CT molecular complexity index is 753. The fourth-order valence-corrected chi connectivity index (χ4v) is 2.28. The van der Waals surface area contributed by atoms with E-state index in [9.17, 15) is 28.5 Å². The van der Waals surface area contributed by atoms with Gasteiger partial charge in [-0.05, 0) is 15.9 Å². The summed E-state index contributed by atoms with van der Waals surface area (Å²) in [6.45, 7) is -0.779. The number of carbonyl (C=O) groups is 2. The Balaban J connectivity index is 2.43. The molecule has 0 bridgehead atoms. The van der Waals surface area contributed by atoms with Crippen LogP contribution in [-0.2, 0) is 9.59 Å². The number of halogens is 3. The minimum absolute atomic E-state index is 0.293. The van der Waals surface area contributed by atoms with Crippen molar-refractivity contribution in [1.29, 1.82) is 0 Å². The minimum atomic E-state index is -1.58. The summed E-state index contributed by atoms with van der Waals surface area (Å²) in [5.74, 6) is -4.66. The average Bonchev–Trinajstić information content (AvgIpc) is 2.75. The predicted molar refractivity (Wildman–Crippen MR) is 76.2 cm³/mol. The molecule has 23 heavy (non-hydrogen) atoms. The van der Waals surface area contributed by atoms with E-state index in [4.69, 9.17) is 5.11 Å². The second kappa shape index (κ2) is 6.38. The molecule has 2 amide bonds. The lowest BCUT2D eigenvalue weighted by Gasteiger charge is -2.14. The molecule has 0 atom stereocenters. The van der Waals surface area contributed by atoms with E-state index in [2.05, 4.69) is 21.2 Å². The van der Waals surface area contributed by atoms with Gasteiger partial charge in [0.2, 0.25) is 0 Å². The van der Waals surface area contributed by atoms with Crippen LogP contribution in [0.3, 0.4) is 0 Å². The molecule has 0 radical (unpaired) electrons. The Hall–Kier alpha value is -2.40. The lowest BCUT2D eigenvalue weighted by molar-refractivity contribution is -0.384. The molecule has 2 rings (SSSR count). The molecule has 11 heteroatoms. The monoisotopic (exact) mass is 391 g/mol. The topological polar surface area (TPSA) is 113 Å². The molecule has 0 fully saturated rings. The van der Waals surface area contributed by atoms with Gasteiger partial charge in [-0.15, -0.1) is 0 Å². The van der Waals surface area contributed by atoms with Gasteiger partial charge in [-0.2, -0.15) is 0 Å². The summed E-state index contributed by atoms with van der Waals surface area (Å²) < 4.78 is 27.1. The number of β-amino-alcohol motifs (C(OH)–C–C–N with tert-alkyl or cyclic N) is 1. The number of benzene rings is 1. The second-order valence-electron chi connectivity index (χ2n) is 4.34. The van der Waals surface area contributed by atoms with Gasteiger partial charge in [0, 0.05) is 12.1 Å². The fourth-order valence-electron chi connectivity index (χ4n) is 1.89. The van der Waals surface area contributed by atoms with E-state index >= 15 is 0 Å². The molecule has 0 spiro atoms. The first kappa shape index (κ1) is 17.0. The van der Waals surface area contributed by atoms with Gasteiger partial charge in [-0.25, -0.2) is 8.78 Å². The number of rotatable bonds is 5. The number of aliphatic hydroxyl groups excluding tert-OH is 1. The van der Waals surface area contributed by atoms with Crippen LogP contribution in [0.15, 0.2) is 22.3 Å². The van der Waals surface area contributed by atoms with Crippen molar-refractivity contribution in [3.63, 3.8) is 0 Å². The highest BCUT2D eigenvalue weighted by atomic mass is 79.9. The van der Waals surface area contributed by atoms with Crippen LogP contribution in [-0.4, -0.2) is 39.9 Å². The predicted octanol–water partition coefficient (Wildman–Crippen LogP) is 1.29. The molecule has 122 valence electrons. The maximum absolute atomic E-state index is 14.0. The Morgan fingerprint density at radius 2 is 2.00 bits per heavy atom. The highest BCUT2D eigenvalue weighted by Gasteiger charge is 2.33. The SMILES string of the molecule is O=C1C=C(Nc2c([N+](=O)[O-])cc(Br)c(F)c2F)C(=O)N1CCO. The molecule has 0 saturated heterocycles. The Morgan fingerprint density at radius 3 is 2.57 bits per heavy atom. The molecule has 0 aromatic heterocycles. The van der Waals surface area contributed by atoms with E-state index < -0.39 is 56.5 Å². The van der Waals surface area contributed by atoms with Gasteiger partial charge in [-0.1, -0.05) is 0 Å². The Labute approximate surface area is 135 Å².